The van der Waals surface area contributed by atoms with Gasteiger partial charge < -0.3 is 53.3 Å². The van der Waals surface area contributed by atoms with Crippen LogP contribution in [0.4, 0.5) is 9.59 Å². The smallest absolute Gasteiger partial charge is 0.408 e. The molecule has 2 N–H and O–H groups in total. The first-order valence-corrected chi connectivity index (χ1v) is 18.6. The van der Waals surface area contributed by atoms with E-state index in [0.717, 1.165) is 28.0 Å². The second-order valence-corrected chi connectivity index (χ2v) is 13.5. The molecule has 7 rings (SSSR count). The maximum absolute atomic E-state index is 13.1. The molecular formula is C43H46N2O11. The summed E-state index contributed by atoms with van der Waals surface area (Å²) in [5, 5.41) is 5.63. The molecule has 2 fully saturated rings. The third-order valence-corrected chi connectivity index (χ3v) is 9.49. The predicted molar refractivity (Wildman–Crippen MR) is 202 cm³/mol. The van der Waals surface area contributed by atoms with E-state index in [4.69, 9.17) is 42.6 Å². The van der Waals surface area contributed by atoms with Crippen LogP contribution >= 0.6 is 0 Å². The number of amides is 2. The zero-order chi connectivity index (χ0) is 38.5. The van der Waals surface area contributed by atoms with E-state index in [9.17, 15) is 9.59 Å². The van der Waals surface area contributed by atoms with Crippen molar-refractivity contribution in [3.8, 4) is 5.75 Å². The summed E-state index contributed by atoms with van der Waals surface area (Å²) in [5.74, 6) is 0.737. The van der Waals surface area contributed by atoms with E-state index in [0.29, 0.717) is 0 Å². The maximum atomic E-state index is 13.1. The lowest BCUT2D eigenvalue weighted by Gasteiger charge is -2.43. The fourth-order valence-corrected chi connectivity index (χ4v) is 6.55. The molecule has 56 heavy (non-hydrogen) atoms. The van der Waals surface area contributed by atoms with Crippen LogP contribution < -0.4 is 15.4 Å². The van der Waals surface area contributed by atoms with Crippen LogP contribution in [0.15, 0.2) is 127 Å². The average Bonchev–Trinajstić information content (AvgIpc) is 3.68. The van der Waals surface area contributed by atoms with E-state index in [2.05, 4.69) is 10.6 Å². The Balaban J connectivity index is 1.07. The van der Waals surface area contributed by atoms with E-state index >= 15 is 0 Å². The molecule has 8 atom stereocenters. The highest BCUT2D eigenvalue weighted by Gasteiger charge is 2.54. The van der Waals surface area contributed by atoms with Gasteiger partial charge in [0, 0.05) is 0 Å². The van der Waals surface area contributed by atoms with Gasteiger partial charge >= 0.3 is 12.2 Å². The number of methoxy groups -OCH3 is 1. The van der Waals surface area contributed by atoms with E-state index in [1.54, 1.807) is 19.3 Å². The fraction of sp³-hybridized carbons (Fsp3) is 0.349. The quantitative estimate of drug-likeness (QED) is 0.134. The number of hydrogen-bond acceptors (Lipinski definition) is 11. The van der Waals surface area contributed by atoms with Crippen molar-refractivity contribution in [2.75, 3.05) is 20.3 Å². The monoisotopic (exact) mass is 766 g/mol. The highest BCUT2D eigenvalue weighted by Crippen LogP contribution is 2.36. The first-order chi connectivity index (χ1) is 27.5. The molecular weight excluding hydrogens is 720 g/mol. The molecule has 0 radical (unpaired) electrons. The van der Waals surface area contributed by atoms with E-state index in [1.165, 1.54) is 0 Å². The summed E-state index contributed by atoms with van der Waals surface area (Å²) in [5.41, 5.74) is 3.58. The van der Waals surface area contributed by atoms with Gasteiger partial charge in [-0.2, -0.15) is 0 Å². The third kappa shape index (κ3) is 10.7. The van der Waals surface area contributed by atoms with Gasteiger partial charge in [-0.15, -0.1) is 0 Å². The number of carbonyl (C=O) groups excluding carboxylic acids is 2. The first-order valence-electron chi connectivity index (χ1n) is 18.6. The lowest BCUT2D eigenvalue weighted by molar-refractivity contribution is -0.299. The highest BCUT2D eigenvalue weighted by molar-refractivity contribution is 5.68. The Hall–Kier alpha value is -5.28. The zero-order valence-electron chi connectivity index (χ0n) is 31.0. The molecule has 0 saturated carbocycles. The number of carbonyl (C=O) groups is 2. The minimum absolute atomic E-state index is 0.0759. The van der Waals surface area contributed by atoms with Crippen molar-refractivity contribution in [1.82, 2.24) is 10.6 Å². The van der Waals surface area contributed by atoms with Gasteiger partial charge in [-0.05, 0) is 34.4 Å². The topological polar surface area (TPSA) is 141 Å². The van der Waals surface area contributed by atoms with Gasteiger partial charge in [0.15, 0.2) is 12.6 Å². The Morgan fingerprint density at radius 3 is 1.84 bits per heavy atom. The van der Waals surface area contributed by atoms with Crippen molar-refractivity contribution >= 4 is 12.2 Å². The Morgan fingerprint density at radius 1 is 0.643 bits per heavy atom. The van der Waals surface area contributed by atoms with E-state index in [-0.39, 0.29) is 39.6 Å². The zero-order valence-corrected chi connectivity index (χ0v) is 31.0. The predicted octanol–water partition coefficient (Wildman–Crippen LogP) is 5.81. The summed E-state index contributed by atoms with van der Waals surface area (Å²) in [6, 6.07) is 35.4. The Labute approximate surface area is 325 Å². The molecule has 0 unspecified atom stereocenters. The van der Waals surface area contributed by atoms with Crippen molar-refractivity contribution in [3.63, 3.8) is 0 Å². The standard InChI is InChI=1S/C43H46N2O11/c1-48-33-19-17-32(18-20-33)25-50-39-38(49-24-29-11-5-2-6-12-29)37(36-28-51-41(39)55-36)56-40-35(45-43(47)53-27-31-15-9-4-10-16-31)22-21-34(54-40)23-44-42(46)52-26-30-13-7-3-8-14-30/h2-22,34-41H,23-28H2,1H3,(H,44,46)(H,45,47)/t34-,35+,36+,37+,38-,39+,40+,41+/m0/s1. The van der Waals surface area contributed by atoms with Crippen LogP contribution in [0, 0.1) is 0 Å². The summed E-state index contributed by atoms with van der Waals surface area (Å²) in [6.07, 6.45) is -2.82. The van der Waals surface area contributed by atoms with Gasteiger partial charge in [0.25, 0.3) is 0 Å². The fourth-order valence-electron chi connectivity index (χ4n) is 6.55. The summed E-state index contributed by atoms with van der Waals surface area (Å²) < 4.78 is 55.0. The van der Waals surface area contributed by atoms with Crippen LogP contribution in [0.5, 0.6) is 5.75 Å². The van der Waals surface area contributed by atoms with E-state index < -0.39 is 61.3 Å². The second kappa shape index (κ2) is 19.5. The number of nitrogens with one attached hydrogen (secondary N) is 2. The van der Waals surface area contributed by atoms with Crippen LogP contribution in [0.2, 0.25) is 0 Å². The average molecular weight is 767 g/mol. The first kappa shape index (κ1) is 39.0. The normalized spacial score (nSPS) is 25.2. The Morgan fingerprint density at radius 2 is 1.21 bits per heavy atom. The van der Waals surface area contributed by atoms with Crippen molar-refractivity contribution < 1.29 is 52.2 Å². The van der Waals surface area contributed by atoms with Crippen LogP contribution in [0.25, 0.3) is 0 Å². The van der Waals surface area contributed by atoms with Gasteiger partial charge in [0.2, 0.25) is 0 Å². The van der Waals surface area contributed by atoms with Crippen LogP contribution in [-0.2, 0) is 64.3 Å². The van der Waals surface area contributed by atoms with Crippen molar-refractivity contribution in [2.24, 2.45) is 0 Å². The highest BCUT2D eigenvalue weighted by atomic mass is 16.8. The molecule has 3 aliphatic rings. The molecule has 4 aromatic rings. The van der Waals surface area contributed by atoms with Gasteiger partial charge in [0.05, 0.1) is 39.6 Å². The number of rotatable bonds is 16. The molecule has 3 aliphatic heterocycles. The summed E-state index contributed by atoms with van der Waals surface area (Å²) in [4.78, 5) is 25.7. The van der Waals surface area contributed by atoms with Crippen LogP contribution in [0.3, 0.4) is 0 Å². The molecule has 3 heterocycles. The number of alkyl carbamates (subject to hydrolysis) is 2. The molecule has 0 spiro atoms. The minimum Gasteiger partial charge on any atom is -0.497 e. The molecule has 2 amide bonds. The summed E-state index contributed by atoms with van der Waals surface area (Å²) in [7, 11) is 1.62. The SMILES string of the molecule is COc1ccc(CO[C@H]2[C@@H]3OC[C@@H](O3)[C@@H](O[C@H]3O[C@H](CNC(=O)OCc4ccccc4)C=C[C@H]3NC(=O)OCc3ccccc3)[C@@H]2OCc2ccccc2)cc1. The molecule has 0 aliphatic carbocycles. The maximum Gasteiger partial charge on any atom is 0.408 e. The second-order valence-electron chi connectivity index (χ2n) is 13.5. The van der Waals surface area contributed by atoms with Crippen LogP contribution in [-0.4, -0.2) is 81.6 Å². The van der Waals surface area contributed by atoms with Gasteiger partial charge in [-0.25, -0.2) is 9.59 Å². The third-order valence-electron chi connectivity index (χ3n) is 9.49. The van der Waals surface area contributed by atoms with Crippen molar-refractivity contribution in [1.29, 1.82) is 0 Å². The van der Waals surface area contributed by atoms with Crippen LogP contribution in [0.1, 0.15) is 22.3 Å². The van der Waals surface area contributed by atoms with Crippen molar-refractivity contribution in [3.05, 3.63) is 150 Å². The lowest BCUT2D eigenvalue weighted by atomic mass is 9.99. The van der Waals surface area contributed by atoms with Gasteiger partial charge in [-0.1, -0.05) is 115 Å². The van der Waals surface area contributed by atoms with E-state index in [1.807, 2.05) is 115 Å². The molecule has 13 heteroatoms. The lowest BCUT2D eigenvalue weighted by Crippen LogP contribution is -2.60. The molecule has 0 aromatic heterocycles. The Bertz CT molecular complexity index is 1850. The molecule has 2 saturated heterocycles. The van der Waals surface area contributed by atoms with Gasteiger partial charge in [0.1, 0.15) is 49.4 Å². The summed E-state index contributed by atoms with van der Waals surface area (Å²) in [6.45, 7) is 1.01. The number of hydrogen-bond donors (Lipinski definition) is 2. The van der Waals surface area contributed by atoms with Gasteiger partial charge in [-0.3, -0.25) is 0 Å². The molecule has 4 aromatic carbocycles. The molecule has 13 nitrogen and oxygen atoms in total. The summed E-state index contributed by atoms with van der Waals surface area (Å²) >= 11 is 0. The minimum atomic E-state index is -1.06. The molecule has 294 valence electrons. The number of ether oxygens (including phenoxy) is 9. The Kier molecular flexibility index (Phi) is 13.6. The number of fused-ring (bicyclic) bond motifs is 2. The number of benzene rings is 4. The molecule has 2 bridgehead atoms. The van der Waals surface area contributed by atoms with Crippen molar-refractivity contribution in [2.45, 2.75) is 75.6 Å². The largest absolute Gasteiger partial charge is 0.497 e.